The maximum atomic E-state index is 12.1. The van der Waals surface area contributed by atoms with Crippen molar-refractivity contribution in [1.29, 1.82) is 0 Å². The number of fused-ring (bicyclic) bond motifs is 3. The highest BCUT2D eigenvalue weighted by molar-refractivity contribution is 7.90. The Kier molecular flexibility index (Phi) is 3.65. The molecule has 0 fully saturated rings. The number of hydrogen-bond donors (Lipinski definition) is 1. The van der Waals surface area contributed by atoms with Gasteiger partial charge in [-0.2, -0.15) is 0 Å². The SMILES string of the molecule is O=C(O)c1ccc2c(c1)c1c(n2Cc2ccccc2)CCS(=O)(=O)C1. The molecule has 6 heteroatoms. The van der Waals surface area contributed by atoms with Gasteiger partial charge in [-0.05, 0) is 29.3 Å². The van der Waals surface area contributed by atoms with Gasteiger partial charge in [-0.1, -0.05) is 30.3 Å². The van der Waals surface area contributed by atoms with Gasteiger partial charge in [-0.25, -0.2) is 13.2 Å². The quantitative estimate of drug-likeness (QED) is 0.784. The average Bonchev–Trinajstić information content (AvgIpc) is 2.87. The summed E-state index contributed by atoms with van der Waals surface area (Å²) in [5.74, 6) is -0.897. The van der Waals surface area contributed by atoms with Crippen LogP contribution in [0.25, 0.3) is 10.9 Å². The maximum absolute atomic E-state index is 12.1. The Morgan fingerprint density at radius 1 is 1.12 bits per heavy atom. The van der Waals surface area contributed by atoms with E-state index in [1.807, 2.05) is 30.3 Å². The molecule has 1 N–H and O–H groups in total. The van der Waals surface area contributed by atoms with Gasteiger partial charge in [0.15, 0.2) is 9.84 Å². The summed E-state index contributed by atoms with van der Waals surface area (Å²) in [5, 5.41) is 10.00. The molecule has 0 unspecified atom stereocenters. The summed E-state index contributed by atoms with van der Waals surface area (Å²) in [4.78, 5) is 11.3. The third-order valence-corrected chi connectivity index (χ3v) is 6.29. The van der Waals surface area contributed by atoms with E-state index in [1.165, 1.54) is 0 Å². The minimum Gasteiger partial charge on any atom is -0.478 e. The number of sulfone groups is 1. The summed E-state index contributed by atoms with van der Waals surface area (Å²) in [6.45, 7) is 0.638. The zero-order valence-corrected chi connectivity index (χ0v) is 14.3. The number of benzene rings is 2. The summed E-state index contributed by atoms with van der Waals surface area (Å²) in [7, 11) is -3.14. The number of aromatic nitrogens is 1. The second-order valence-electron chi connectivity index (χ2n) is 6.38. The molecule has 128 valence electrons. The van der Waals surface area contributed by atoms with Crippen molar-refractivity contribution in [3.63, 3.8) is 0 Å². The van der Waals surface area contributed by atoms with E-state index >= 15 is 0 Å². The maximum Gasteiger partial charge on any atom is 0.335 e. The predicted molar refractivity (Wildman–Crippen MR) is 95.6 cm³/mol. The van der Waals surface area contributed by atoms with Crippen LogP contribution in [0.5, 0.6) is 0 Å². The van der Waals surface area contributed by atoms with E-state index in [-0.39, 0.29) is 17.1 Å². The molecule has 0 radical (unpaired) electrons. The van der Waals surface area contributed by atoms with Crippen LogP contribution in [0, 0.1) is 0 Å². The number of aromatic carboxylic acids is 1. The fourth-order valence-electron chi connectivity index (χ4n) is 3.55. The van der Waals surface area contributed by atoms with E-state index in [4.69, 9.17) is 0 Å². The number of carbonyl (C=O) groups is 1. The Labute approximate surface area is 145 Å². The van der Waals surface area contributed by atoms with Crippen molar-refractivity contribution in [2.45, 2.75) is 18.7 Å². The Bertz CT molecular complexity index is 1080. The number of carboxylic acid groups (broad SMARTS) is 1. The van der Waals surface area contributed by atoms with Crippen LogP contribution in [0.1, 0.15) is 27.2 Å². The van der Waals surface area contributed by atoms with E-state index in [1.54, 1.807) is 18.2 Å². The van der Waals surface area contributed by atoms with Crippen LogP contribution in [0.3, 0.4) is 0 Å². The second kappa shape index (κ2) is 5.74. The molecule has 0 bridgehead atoms. The van der Waals surface area contributed by atoms with E-state index in [9.17, 15) is 18.3 Å². The first-order valence-corrected chi connectivity index (χ1v) is 9.88. The summed E-state index contributed by atoms with van der Waals surface area (Å²) >= 11 is 0. The van der Waals surface area contributed by atoms with Crippen molar-refractivity contribution < 1.29 is 18.3 Å². The molecule has 0 amide bonds. The highest BCUT2D eigenvalue weighted by Crippen LogP contribution is 2.33. The average molecular weight is 355 g/mol. The first kappa shape index (κ1) is 15.9. The molecular weight excluding hydrogens is 338 g/mol. The van der Waals surface area contributed by atoms with Crippen LogP contribution in [0.15, 0.2) is 48.5 Å². The zero-order chi connectivity index (χ0) is 17.6. The molecular formula is C19H17NO4S. The fraction of sp³-hybridized carbons (Fsp3) is 0.211. The standard InChI is InChI=1S/C19H17NO4S/c21-19(22)14-6-7-17-15(10-14)16-12-25(23,24)9-8-18(16)20(17)11-13-4-2-1-3-5-13/h1-7,10H,8-9,11-12H2,(H,21,22). The largest absolute Gasteiger partial charge is 0.478 e. The highest BCUT2D eigenvalue weighted by Gasteiger charge is 2.28. The van der Waals surface area contributed by atoms with Crippen molar-refractivity contribution >= 4 is 26.7 Å². The molecule has 0 aliphatic carbocycles. The molecule has 25 heavy (non-hydrogen) atoms. The van der Waals surface area contributed by atoms with Crippen LogP contribution >= 0.6 is 0 Å². The van der Waals surface area contributed by atoms with Gasteiger partial charge in [0, 0.05) is 29.6 Å². The lowest BCUT2D eigenvalue weighted by Gasteiger charge is -2.16. The highest BCUT2D eigenvalue weighted by atomic mass is 32.2. The number of nitrogens with zero attached hydrogens (tertiary/aromatic N) is 1. The van der Waals surface area contributed by atoms with Crippen LogP contribution in [0.4, 0.5) is 0 Å². The molecule has 0 atom stereocenters. The lowest BCUT2D eigenvalue weighted by Crippen LogP contribution is -2.20. The van der Waals surface area contributed by atoms with Gasteiger partial charge >= 0.3 is 5.97 Å². The molecule has 2 aromatic carbocycles. The molecule has 4 rings (SSSR count). The number of hydrogen-bond acceptors (Lipinski definition) is 3. The van der Waals surface area contributed by atoms with Crippen molar-refractivity contribution in [3.8, 4) is 0 Å². The summed E-state index contributed by atoms with van der Waals surface area (Å²) in [6, 6.07) is 14.9. The van der Waals surface area contributed by atoms with Crippen molar-refractivity contribution in [3.05, 3.63) is 70.9 Å². The van der Waals surface area contributed by atoms with Gasteiger partial charge in [-0.3, -0.25) is 0 Å². The summed E-state index contributed by atoms with van der Waals surface area (Å²) in [6.07, 6.45) is 0.460. The van der Waals surface area contributed by atoms with E-state index in [0.717, 1.165) is 27.7 Å². The van der Waals surface area contributed by atoms with Gasteiger partial charge in [0.1, 0.15) is 0 Å². The molecule has 5 nitrogen and oxygen atoms in total. The van der Waals surface area contributed by atoms with Gasteiger partial charge in [0.2, 0.25) is 0 Å². The third kappa shape index (κ3) is 2.82. The minimum absolute atomic E-state index is 0.0241. The van der Waals surface area contributed by atoms with Gasteiger partial charge in [0.25, 0.3) is 0 Å². The fourth-order valence-corrected chi connectivity index (χ4v) is 4.96. The molecule has 2 heterocycles. The van der Waals surface area contributed by atoms with E-state index < -0.39 is 15.8 Å². The van der Waals surface area contributed by atoms with Gasteiger partial charge in [0.05, 0.1) is 17.1 Å². The minimum atomic E-state index is -3.14. The van der Waals surface area contributed by atoms with Crippen LogP contribution in [-0.2, 0) is 28.6 Å². The lowest BCUT2D eigenvalue weighted by molar-refractivity contribution is 0.0697. The van der Waals surface area contributed by atoms with Crippen LogP contribution in [0.2, 0.25) is 0 Å². The van der Waals surface area contributed by atoms with Crippen LogP contribution < -0.4 is 0 Å². The van der Waals surface area contributed by atoms with E-state index in [0.29, 0.717) is 13.0 Å². The second-order valence-corrected chi connectivity index (χ2v) is 8.56. The first-order valence-electron chi connectivity index (χ1n) is 8.06. The molecule has 3 aromatic rings. The van der Waals surface area contributed by atoms with Crippen molar-refractivity contribution in [2.24, 2.45) is 0 Å². The Morgan fingerprint density at radius 2 is 1.88 bits per heavy atom. The molecule has 0 saturated carbocycles. The van der Waals surface area contributed by atoms with E-state index in [2.05, 4.69) is 4.57 Å². The lowest BCUT2D eigenvalue weighted by atomic mass is 10.1. The molecule has 1 aliphatic rings. The Hall–Kier alpha value is -2.60. The first-order chi connectivity index (χ1) is 11.9. The molecule has 1 aliphatic heterocycles. The van der Waals surface area contributed by atoms with Gasteiger partial charge in [-0.15, -0.1) is 0 Å². The Balaban J connectivity index is 1.95. The summed E-state index contributed by atoms with van der Waals surface area (Å²) in [5.41, 5.74) is 3.93. The molecule has 1 aromatic heterocycles. The summed E-state index contributed by atoms with van der Waals surface area (Å²) < 4.78 is 26.4. The molecule has 0 spiro atoms. The number of rotatable bonds is 3. The van der Waals surface area contributed by atoms with Crippen molar-refractivity contribution in [2.75, 3.05) is 5.75 Å². The van der Waals surface area contributed by atoms with Gasteiger partial charge < -0.3 is 9.67 Å². The monoisotopic (exact) mass is 355 g/mol. The van der Waals surface area contributed by atoms with Crippen LogP contribution in [-0.4, -0.2) is 29.8 Å². The zero-order valence-electron chi connectivity index (χ0n) is 13.5. The smallest absolute Gasteiger partial charge is 0.335 e. The van der Waals surface area contributed by atoms with Crippen molar-refractivity contribution in [1.82, 2.24) is 4.57 Å². The predicted octanol–water partition coefficient (Wildman–Crippen LogP) is 2.86. The topological polar surface area (TPSA) is 76.4 Å². The third-order valence-electron chi connectivity index (χ3n) is 4.73. The Morgan fingerprint density at radius 3 is 2.60 bits per heavy atom. The number of carboxylic acids is 1. The normalized spacial score (nSPS) is 15.8. The molecule has 0 saturated heterocycles.